The Morgan fingerprint density at radius 1 is 1.25 bits per heavy atom. The van der Waals surface area contributed by atoms with Gasteiger partial charge in [0.25, 0.3) is 0 Å². The molecule has 0 amide bonds. The molecule has 2 aromatic rings. The van der Waals surface area contributed by atoms with E-state index >= 15 is 0 Å². The van der Waals surface area contributed by atoms with Crippen LogP contribution < -0.4 is 0 Å². The molecule has 20 heavy (non-hydrogen) atoms. The average molecular weight is 279 g/mol. The number of nitrogens with zero attached hydrogens (tertiary/aromatic N) is 1. The van der Waals surface area contributed by atoms with Gasteiger partial charge in [-0.05, 0) is 30.2 Å². The van der Waals surface area contributed by atoms with Gasteiger partial charge in [0, 0.05) is 18.0 Å². The van der Waals surface area contributed by atoms with E-state index in [9.17, 15) is 13.6 Å². The lowest BCUT2D eigenvalue weighted by Gasteiger charge is -2.15. The highest BCUT2D eigenvalue weighted by molar-refractivity contribution is 5.78. The first-order valence-corrected chi connectivity index (χ1v) is 5.81. The second kappa shape index (κ2) is 6.21. The van der Waals surface area contributed by atoms with E-state index in [1.165, 1.54) is 18.5 Å². The molecule has 2 rings (SSSR count). The van der Waals surface area contributed by atoms with Gasteiger partial charge in [-0.25, -0.2) is 13.6 Å². The number of pyridine rings is 1. The summed E-state index contributed by atoms with van der Waals surface area (Å²) in [6, 6.07) is 6.57. The minimum Gasteiger partial charge on any atom is -0.300 e. The summed E-state index contributed by atoms with van der Waals surface area (Å²) in [7, 11) is 0. The van der Waals surface area contributed by atoms with Crippen molar-refractivity contribution in [2.75, 3.05) is 0 Å². The highest BCUT2D eigenvalue weighted by Gasteiger charge is 2.29. The number of hydrogen-bond acceptors (Lipinski definition) is 4. The first kappa shape index (κ1) is 14.1. The molecule has 0 aliphatic heterocycles. The normalized spacial score (nSPS) is 11.9. The van der Waals surface area contributed by atoms with Gasteiger partial charge in [0.05, 0.1) is 5.92 Å². The Labute approximate surface area is 113 Å². The quantitative estimate of drug-likeness (QED) is 0.690. The smallest absolute Gasteiger partial charge is 0.300 e. The third kappa shape index (κ3) is 2.97. The van der Waals surface area contributed by atoms with Crippen molar-refractivity contribution in [1.82, 2.24) is 4.98 Å². The summed E-state index contributed by atoms with van der Waals surface area (Å²) in [6.45, 7) is 0. The highest BCUT2D eigenvalue weighted by Crippen LogP contribution is 2.27. The van der Waals surface area contributed by atoms with Crippen LogP contribution in [-0.4, -0.2) is 16.2 Å². The summed E-state index contributed by atoms with van der Waals surface area (Å²) in [5.74, 6) is -4.16. The first-order valence-electron chi connectivity index (χ1n) is 5.81. The lowest BCUT2D eigenvalue weighted by Crippen LogP contribution is -2.19. The monoisotopic (exact) mass is 279 g/mol. The van der Waals surface area contributed by atoms with E-state index in [1.54, 1.807) is 12.1 Å². The molecule has 0 fully saturated rings. The van der Waals surface area contributed by atoms with Gasteiger partial charge in [-0.15, -0.1) is 0 Å². The number of carbonyl (C=O) groups is 1. The second-order valence-electron chi connectivity index (χ2n) is 4.16. The van der Waals surface area contributed by atoms with Crippen molar-refractivity contribution in [2.45, 2.75) is 12.3 Å². The zero-order chi connectivity index (χ0) is 14.5. The molecule has 4 nitrogen and oxygen atoms in total. The molecule has 1 heterocycles. The van der Waals surface area contributed by atoms with Crippen LogP contribution in [0.15, 0.2) is 42.7 Å². The molecule has 1 aromatic carbocycles. The fourth-order valence-corrected chi connectivity index (χ4v) is 1.97. The van der Waals surface area contributed by atoms with Gasteiger partial charge in [0.2, 0.25) is 0 Å². The maximum absolute atomic E-state index is 13.8. The lowest BCUT2D eigenvalue weighted by molar-refractivity contribution is -0.236. The summed E-state index contributed by atoms with van der Waals surface area (Å²) >= 11 is 0. The van der Waals surface area contributed by atoms with E-state index in [0.717, 1.165) is 12.1 Å². The highest BCUT2D eigenvalue weighted by atomic mass is 19.1. The van der Waals surface area contributed by atoms with Crippen molar-refractivity contribution in [3.8, 4) is 0 Å². The van der Waals surface area contributed by atoms with Crippen LogP contribution in [0.2, 0.25) is 0 Å². The van der Waals surface area contributed by atoms with Gasteiger partial charge < -0.3 is 4.89 Å². The van der Waals surface area contributed by atoms with Gasteiger partial charge in [-0.1, -0.05) is 12.1 Å². The van der Waals surface area contributed by atoms with E-state index in [2.05, 4.69) is 9.87 Å². The maximum atomic E-state index is 13.8. The summed E-state index contributed by atoms with van der Waals surface area (Å²) in [5, 5.41) is 8.52. The predicted octanol–water partition coefficient (Wildman–Crippen LogP) is 2.70. The molecular weight excluding hydrogens is 268 g/mol. The molecular formula is C14H11F2NO3. The largest absolute Gasteiger partial charge is 0.350 e. The van der Waals surface area contributed by atoms with Crippen molar-refractivity contribution in [3.63, 3.8) is 0 Å². The summed E-state index contributed by atoms with van der Waals surface area (Å²) < 4.78 is 27.5. The second-order valence-corrected chi connectivity index (χ2v) is 4.16. The fraction of sp³-hybridized carbons (Fsp3) is 0.143. The van der Waals surface area contributed by atoms with Crippen molar-refractivity contribution in [1.29, 1.82) is 0 Å². The third-order valence-electron chi connectivity index (χ3n) is 2.89. The van der Waals surface area contributed by atoms with Crippen LogP contribution in [0.5, 0.6) is 0 Å². The van der Waals surface area contributed by atoms with Crippen LogP contribution >= 0.6 is 0 Å². The minimum absolute atomic E-state index is 0.0366. The van der Waals surface area contributed by atoms with Crippen LogP contribution in [0, 0.1) is 11.6 Å². The van der Waals surface area contributed by atoms with Gasteiger partial charge >= 0.3 is 5.97 Å². The van der Waals surface area contributed by atoms with Crippen LogP contribution in [0.3, 0.4) is 0 Å². The molecule has 0 radical (unpaired) electrons. The van der Waals surface area contributed by atoms with Crippen LogP contribution in [0.1, 0.15) is 17.0 Å². The van der Waals surface area contributed by atoms with E-state index in [0.29, 0.717) is 5.56 Å². The molecule has 0 saturated carbocycles. The maximum Gasteiger partial charge on any atom is 0.350 e. The van der Waals surface area contributed by atoms with Crippen molar-refractivity contribution < 1.29 is 23.7 Å². The van der Waals surface area contributed by atoms with Crippen LogP contribution in [0.4, 0.5) is 8.78 Å². The number of aromatic nitrogens is 1. The summed E-state index contributed by atoms with van der Waals surface area (Å²) in [5.41, 5.74) is 0.154. The molecule has 1 aromatic heterocycles. The Balaban J connectivity index is 2.41. The molecule has 6 heteroatoms. The van der Waals surface area contributed by atoms with Gasteiger partial charge in [-0.2, -0.15) is 5.26 Å². The van der Waals surface area contributed by atoms with Crippen LogP contribution in [-0.2, 0) is 16.1 Å². The molecule has 0 aliphatic carbocycles. The summed E-state index contributed by atoms with van der Waals surface area (Å²) in [6.07, 6.45) is 2.97. The number of carbonyl (C=O) groups excluding carboxylic acids is 1. The third-order valence-corrected chi connectivity index (χ3v) is 2.89. The molecule has 0 aliphatic rings. The topological polar surface area (TPSA) is 59.4 Å². The average Bonchev–Trinajstić information content (AvgIpc) is 2.46. The Hall–Kier alpha value is -2.34. The van der Waals surface area contributed by atoms with E-state index in [-0.39, 0.29) is 6.42 Å². The minimum atomic E-state index is -1.29. The first-order chi connectivity index (χ1) is 9.63. The Bertz CT molecular complexity index is 584. The number of hydrogen-bond donors (Lipinski definition) is 1. The predicted molar refractivity (Wildman–Crippen MR) is 65.8 cm³/mol. The molecule has 1 atom stereocenters. The number of benzene rings is 1. The Morgan fingerprint density at radius 2 is 1.95 bits per heavy atom. The molecule has 1 unspecified atom stereocenters. The fourth-order valence-electron chi connectivity index (χ4n) is 1.97. The molecule has 0 bridgehead atoms. The Morgan fingerprint density at radius 3 is 2.50 bits per heavy atom. The van der Waals surface area contributed by atoms with Crippen LogP contribution in [0.25, 0.3) is 0 Å². The van der Waals surface area contributed by atoms with Gasteiger partial charge in [0.1, 0.15) is 11.6 Å². The molecule has 104 valence electrons. The summed E-state index contributed by atoms with van der Waals surface area (Å²) in [4.78, 5) is 19.1. The number of rotatable bonds is 4. The SMILES string of the molecule is O=C(OO)C(Cc1cccnc1)c1c(F)cccc1F. The van der Waals surface area contributed by atoms with E-state index < -0.39 is 29.1 Å². The van der Waals surface area contributed by atoms with Gasteiger partial charge in [-0.3, -0.25) is 4.98 Å². The van der Waals surface area contributed by atoms with Crippen molar-refractivity contribution in [2.24, 2.45) is 0 Å². The zero-order valence-electron chi connectivity index (χ0n) is 10.3. The molecule has 0 saturated heterocycles. The Kier molecular flexibility index (Phi) is 4.37. The van der Waals surface area contributed by atoms with E-state index in [4.69, 9.17) is 5.26 Å². The molecule has 0 spiro atoms. The standard InChI is InChI=1S/C14H11F2NO3/c15-11-4-1-5-12(16)13(11)10(14(18)20-19)7-9-3-2-6-17-8-9/h1-6,8,10,19H,7H2. The van der Waals surface area contributed by atoms with Crippen molar-refractivity contribution >= 4 is 5.97 Å². The number of halogens is 2. The van der Waals surface area contributed by atoms with Gasteiger partial charge in [0.15, 0.2) is 0 Å². The zero-order valence-corrected chi connectivity index (χ0v) is 10.3. The lowest BCUT2D eigenvalue weighted by atomic mass is 9.92. The molecule has 1 N–H and O–H groups in total. The van der Waals surface area contributed by atoms with Crippen molar-refractivity contribution in [3.05, 3.63) is 65.5 Å². The van der Waals surface area contributed by atoms with E-state index in [1.807, 2.05) is 0 Å².